The fraction of sp³-hybridized carbons (Fsp3) is 0.278. The zero-order chi connectivity index (χ0) is 18.2. The van der Waals surface area contributed by atoms with Gasteiger partial charge in [0.2, 0.25) is 5.78 Å². The van der Waals surface area contributed by atoms with Crippen molar-refractivity contribution in [3.63, 3.8) is 0 Å². The third-order valence-corrected chi connectivity index (χ3v) is 4.15. The summed E-state index contributed by atoms with van der Waals surface area (Å²) in [6, 6.07) is 9.01. The Labute approximate surface area is 144 Å². The molecule has 0 spiro atoms. The van der Waals surface area contributed by atoms with E-state index in [1.54, 1.807) is 18.2 Å². The van der Waals surface area contributed by atoms with Crippen LogP contribution < -0.4 is 14.2 Å². The Bertz CT molecular complexity index is 800. The predicted octanol–water partition coefficient (Wildman–Crippen LogP) is 2.06. The van der Waals surface area contributed by atoms with Crippen molar-refractivity contribution in [1.82, 2.24) is 0 Å². The summed E-state index contributed by atoms with van der Waals surface area (Å²) in [7, 11) is 4.10. The fourth-order valence-corrected chi connectivity index (χ4v) is 2.81. The molecule has 1 aliphatic heterocycles. The lowest BCUT2D eigenvalue weighted by atomic mass is 9.89. The maximum Gasteiger partial charge on any atom is 0.274 e. The quantitative estimate of drug-likeness (QED) is 0.818. The van der Waals surface area contributed by atoms with Crippen LogP contribution >= 0.6 is 0 Å². The van der Waals surface area contributed by atoms with E-state index in [0.29, 0.717) is 11.3 Å². The van der Waals surface area contributed by atoms with E-state index in [1.807, 2.05) is 0 Å². The second kappa shape index (κ2) is 6.27. The molecule has 132 valence electrons. The molecule has 0 radical (unpaired) electrons. The molecule has 1 heterocycles. The number of Topliss-reactive ketones (excluding diaryl/α,β-unsaturated/α-hetero) is 1. The minimum absolute atomic E-state index is 0.0515. The zero-order valence-corrected chi connectivity index (χ0v) is 14.0. The van der Waals surface area contributed by atoms with Crippen molar-refractivity contribution in [3.8, 4) is 23.0 Å². The average molecular weight is 346 g/mol. The number of carbonyl (C=O) groups excluding carboxylic acids is 1. The molecule has 25 heavy (non-hydrogen) atoms. The van der Waals surface area contributed by atoms with E-state index >= 15 is 0 Å². The van der Waals surface area contributed by atoms with Crippen molar-refractivity contribution in [2.75, 3.05) is 21.3 Å². The first-order valence-electron chi connectivity index (χ1n) is 7.48. The van der Waals surface area contributed by atoms with E-state index in [4.69, 9.17) is 18.9 Å². The molecule has 0 saturated carbocycles. The van der Waals surface area contributed by atoms with Crippen LogP contribution in [0.2, 0.25) is 0 Å². The molecule has 2 atom stereocenters. The molecule has 7 heteroatoms. The highest BCUT2D eigenvalue weighted by Crippen LogP contribution is 2.46. The Balaban J connectivity index is 2.18. The summed E-state index contributed by atoms with van der Waals surface area (Å²) in [5.74, 6) is -2.02. The van der Waals surface area contributed by atoms with Gasteiger partial charge in [0, 0.05) is 19.2 Å². The first-order valence-corrected chi connectivity index (χ1v) is 7.48. The number of methoxy groups -OCH3 is 3. The number of ketones is 1. The summed E-state index contributed by atoms with van der Waals surface area (Å²) < 4.78 is 21.4. The minimum atomic E-state index is -2.24. The molecule has 0 fully saturated rings. The van der Waals surface area contributed by atoms with Crippen LogP contribution in [0.25, 0.3) is 0 Å². The number of benzene rings is 2. The Morgan fingerprint density at radius 3 is 2.32 bits per heavy atom. The second-order valence-electron chi connectivity index (χ2n) is 5.52. The first-order chi connectivity index (χ1) is 11.9. The number of fused-ring (bicyclic) bond motifs is 1. The number of aromatic hydroxyl groups is 1. The third kappa shape index (κ3) is 2.67. The van der Waals surface area contributed by atoms with Gasteiger partial charge in [-0.2, -0.15) is 0 Å². The smallest absolute Gasteiger partial charge is 0.274 e. The van der Waals surface area contributed by atoms with E-state index in [9.17, 15) is 15.0 Å². The molecular weight excluding hydrogens is 328 g/mol. The van der Waals surface area contributed by atoms with Gasteiger partial charge in [-0.3, -0.25) is 4.79 Å². The number of phenols is 1. The van der Waals surface area contributed by atoms with E-state index in [1.165, 1.54) is 39.5 Å². The summed E-state index contributed by atoms with van der Waals surface area (Å²) in [6.45, 7) is 0. The molecule has 0 bridgehead atoms. The van der Waals surface area contributed by atoms with Gasteiger partial charge in [-0.1, -0.05) is 12.1 Å². The maximum absolute atomic E-state index is 13.0. The molecule has 1 aliphatic rings. The van der Waals surface area contributed by atoms with Gasteiger partial charge in [-0.25, -0.2) is 0 Å². The predicted molar refractivity (Wildman–Crippen MR) is 87.3 cm³/mol. The maximum atomic E-state index is 13.0. The number of aliphatic hydroxyl groups is 1. The molecule has 0 amide bonds. The molecule has 2 aromatic carbocycles. The lowest BCUT2D eigenvalue weighted by Crippen LogP contribution is -2.51. The minimum Gasteiger partial charge on any atom is -0.508 e. The zero-order valence-electron chi connectivity index (χ0n) is 14.0. The molecule has 0 saturated heterocycles. The van der Waals surface area contributed by atoms with Gasteiger partial charge in [0.15, 0.2) is 6.10 Å². The summed E-state index contributed by atoms with van der Waals surface area (Å²) in [6.07, 6.45) is -1.13. The van der Waals surface area contributed by atoms with E-state index in [-0.39, 0.29) is 22.8 Å². The van der Waals surface area contributed by atoms with Crippen molar-refractivity contribution < 1.29 is 34.0 Å². The highest BCUT2D eigenvalue weighted by molar-refractivity contribution is 6.07. The van der Waals surface area contributed by atoms with E-state index in [2.05, 4.69) is 0 Å². The van der Waals surface area contributed by atoms with Crippen molar-refractivity contribution in [2.24, 2.45) is 0 Å². The van der Waals surface area contributed by atoms with Crippen LogP contribution in [0.4, 0.5) is 0 Å². The number of phenolic OH excluding ortho intramolecular Hbond substituents is 1. The van der Waals surface area contributed by atoms with Gasteiger partial charge in [-0.05, 0) is 17.7 Å². The van der Waals surface area contributed by atoms with Crippen LogP contribution in [0.3, 0.4) is 0 Å². The van der Waals surface area contributed by atoms with Gasteiger partial charge in [0.25, 0.3) is 5.79 Å². The molecule has 7 nitrogen and oxygen atoms in total. The molecule has 0 aromatic heterocycles. The fourth-order valence-electron chi connectivity index (χ4n) is 2.81. The van der Waals surface area contributed by atoms with Crippen molar-refractivity contribution >= 4 is 5.78 Å². The highest BCUT2D eigenvalue weighted by atomic mass is 16.7. The van der Waals surface area contributed by atoms with Gasteiger partial charge >= 0.3 is 0 Å². The van der Waals surface area contributed by atoms with E-state index in [0.717, 1.165) is 0 Å². The summed E-state index contributed by atoms with van der Waals surface area (Å²) in [4.78, 5) is 13.0. The van der Waals surface area contributed by atoms with Crippen LogP contribution in [0, 0.1) is 0 Å². The van der Waals surface area contributed by atoms with Gasteiger partial charge in [0.1, 0.15) is 28.6 Å². The Hall–Kier alpha value is -2.77. The number of ether oxygens (including phenoxy) is 4. The van der Waals surface area contributed by atoms with Crippen LogP contribution in [0.1, 0.15) is 22.0 Å². The number of carbonyl (C=O) groups is 1. The molecule has 2 aromatic rings. The summed E-state index contributed by atoms with van der Waals surface area (Å²) in [5.41, 5.74) is 0.533. The Morgan fingerprint density at radius 2 is 1.76 bits per heavy atom. The van der Waals surface area contributed by atoms with Crippen molar-refractivity contribution in [1.29, 1.82) is 0 Å². The van der Waals surface area contributed by atoms with Crippen LogP contribution in [0.15, 0.2) is 36.4 Å². The lowest BCUT2D eigenvalue weighted by Gasteiger charge is -2.38. The van der Waals surface area contributed by atoms with Crippen LogP contribution in [-0.4, -0.2) is 43.1 Å². The monoisotopic (exact) mass is 346 g/mol. The van der Waals surface area contributed by atoms with Gasteiger partial charge in [-0.15, -0.1) is 0 Å². The van der Waals surface area contributed by atoms with Crippen molar-refractivity contribution in [3.05, 3.63) is 47.5 Å². The lowest BCUT2D eigenvalue weighted by molar-refractivity contribution is -0.205. The second-order valence-corrected chi connectivity index (χ2v) is 5.52. The third-order valence-electron chi connectivity index (χ3n) is 4.15. The molecule has 2 N–H and O–H groups in total. The Kier molecular flexibility index (Phi) is 4.28. The number of hydrogen-bond donors (Lipinski definition) is 2. The molecular formula is C18H18O7. The average Bonchev–Trinajstić information content (AvgIpc) is 2.64. The largest absolute Gasteiger partial charge is 0.508 e. The highest BCUT2D eigenvalue weighted by Gasteiger charge is 2.53. The van der Waals surface area contributed by atoms with Crippen LogP contribution in [0.5, 0.6) is 23.0 Å². The molecule has 2 unspecified atom stereocenters. The summed E-state index contributed by atoms with van der Waals surface area (Å²) >= 11 is 0. The number of hydrogen-bond acceptors (Lipinski definition) is 7. The summed E-state index contributed by atoms with van der Waals surface area (Å²) in [5, 5.41) is 20.3. The van der Waals surface area contributed by atoms with E-state index < -0.39 is 17.7 Å². The van der Waals surface area contributed by atoms with Crippen molar-refractivity contribution in [2.45, 2.75) is 11.9 Å². The normalized spacial score (nSPS) is 22.1. The number of rotatable bonds is 4. The van der Waals surface area contributed by atoms with Gasteiger partial charge < -0.3 is 29.2 Å². The van der Waals surface area contributed by atoms with Crippen LogP contribution in [-0.2, 0) is 4.74 Å². The first kappa shape index (κ1) is 17.1. The van der Waals surface area contributed by atoms with Gasteiger partial charge in [0.05, 0.1) is 14.2 Å². The SMILES string of the molecule is COc1cc(OC)c2c(c1)OC(c1ccc(O)cc1)C(O)(OC)C2=O. The Morgan fingerprint density at radius 1 is 1.08 bits per heavy atom. The topological polar surface area (TPSA) is 94.5 Å². The molecule has 3 rings (SSSR count). The standard InChI is InChI=1S/C18H18O7/c1-22-12-8-13(23-2)15-14(9-12)25-17(18(21,24-3)16(15)20)10-4-6-11(19)7-5-10/h4-9,17,19,21H,1-3H3. The molecule has 0 aliphatic carbocycles.